The van der Waals surface area contributed by atoms with Gasteiger partial charge in [-0.1, -0.05) is 43.9 Å². The van der Waals surface area contributed by atoms with Crippen molar-refractivity contribution in [2.24, 2.45) is 17.8 Å². The van der Waals surface area contributed by atoms with Gasteiger partial charge in [0.25, 0.3) is 0 Å². The molecule has 0 aromatic heterocycles. The van der Waals surface area contributed by atoms with Crippen LogP contribution in [0.15, 0.2) is 18.2 Å². The summed E-state index contributed by atoms with van der Waals surface area (Å²) >= 11 is 6.22. The van der Waals surface area contributed by atoms with Gasteiger partial charge in [-0.05, 0) is 68.3 Å². The molecule has 1 fully saturated rings. The van der Waals surface area contributed by atoms with E-state index in [-0.39, 0.29) is 5.82 Å². The van der Waals surface area contributed by atoms with Crippen LogP contribution in [0.1, 0.15) is 44.6 Å². The second-order valence-electron chi connectivity index (χ2n) is 6.49. The van der Waals surface area contributed by atoms with Gasteiger partial charge in [0.05, 0.1) is 0 Å². The normalized spacial score (nSPS) is 26.0. The van der Waals surface area contributed by atoms with Crippen molar-refractivity contribution in [2.45, 2.75) is 45.4 Å². The molecule has 1 aliphatic rings. The molecule has 3 unspecified atom stereocenters. The van der Waals surface area contributed by atoms with E-state index in [1.165, 1.54) is 44.2 Å². The second-order valence-corrected chi connectivity index (χ2v) is 6.89. The molecule has 3 atom stereocenters. The third-order valence-corrected chi connectivity index (χ3v) is 5.26. The Kier molecular flexibility index (Phi) is 6.50. The molecule has 0 bridgehead atoms. The zero-order valence-corrected chi connectivity index (χ0v) is 13.9. The molecule has 1 saturated carbocycles. The highest BCUT2D eigenvalue weighted by Crippen LogP contribution is 2.38. The summed E-state index contributed by atoms with van der Waals surface area (Å²) < 4.78 is 13.2. The lowest BCUT2D eigenvalue weighted by atomic mass is 9.70. The second kappa shape index (κ2) is 8.14. The molecular formula is C18H27ClFN. The van der Waals surface area contributed by atoms with Gasteiger partial charge in [0.2, 0.25) is 0 Å². The van der Waals surface area contributed by atoms with Gasteiger partial charge in [0.1, 0.15) is 5.82 Å². The van der Waals surface area contributed by atoms with Gasteiger partial charge in [0, 0.05) is 5.02 Å². The highest BCUT2D eigenvalue weighted by atomic mass is 35.5. The number of nitrogens with one attached hydrogen (secondary N) is 1. The van der Waals surface area contributed by atoms with E-state index in [0.717, 1.165) is 24.4 Å². The van der Waals surface area contributed by atoms with Crippen molar-refractivity contribution < 1.29 is 4.39 Å². The fraction of sp³-hybridized carbons (Fsp3) is 0.667. The summed E-state index contributed by atoms with van der Waals surface area (Å²) in [6.45, 7) is 3.34. The van der Waals surface area contributed by atoms with Crippen LogP contribution in [0, 0.1) is 23.6 Å². The van der Waals surface area contributed by atoms with Gasteiger partial charge in [0.15, 0.2) is 0 Å². The maximum absolute atomic E-state index is 13.2. The number of hydrogen-bond donors (Lipinski definition) is 1. The molecule has 2 rings (SSSR count). The van der Waals surface area contributed by atoms with Crippen LogP contribution in [0.5, 0.6) is 0 Å². The third kappa shape index (κ3) is 4.69. The molecule has 1 aromatic carbocycles. The first kappa shape index (κ1) is 16.8. The van der Waals surface area contributed by atoms with E-state index >= 15 is 0 Å². The minimum atomic E-state index is -0.247. The summed E-state index contributed by atoms with van der Waals surface area (Å²) in [5, 5.41) is 3.91. The molecule has 1 nitrogen and oxygen atoms in total. The molecular weight excluding hydrogens is 285 g/mol. The summed E-state index contributed by atoms with van der Waals surface area (Å²) in [6.07, 6.45) is 7.52. The Labute approximate surface area is 133 Å². The van der Waals surface area contributed by atoms with Crippen LogP contribution >= 0.6 is 11.6 Å². The smallest absolute Gasteiger partial charge is 0.124 e. The average molecular weight is 312 g/mol. The van der Waals surface area contributed by atoms with Crippen LogP contribution in [-0.4, -0.2) is 13.6 Å². The lowest BCUT2D eigenvalue weighted by Crippen LogP contribution is -2.33. The van der Waals surface area contributed by atoms with E-state index < -0.39 is 0 Å². The van der Waals surface area contributed by atoms with Crippen LogP contribution in [0.4, 0.5) is 4.39 Å². The van der Waals surface area contributed by atoms with Crippen LogP contribution in [0.2, 0.25) is 5.02 Å². The van der Waals surface area contributed by atoms with Gasteiger partial charge in [-0.25, -0.2) is 4.39 Å². The van der Waals surface area contributed by atoms with Gasteiger partial charge >= 0.3 is 0 Å². The van der Waals surface area contributed by atoms with E-state index in [2.05, 4.69) is 12.2 Å². The molecule has 118 valence electrons. The Morgan fingerprint density at radius 3 is 2.76 bits per heavy atom. The van der Waals surface area contributed by atoms with Crippen LogP contribution in [0.25, 0.3) is 0 Å². The lowest BCUT2D eigenvalue weighted by Gasteiger charge is -2.36. The van der Waals surface area contributed by atoms with Crippen molar-refractivity contribution in [2.75, 3.05) is 13.6 Å². The zero-order valence-electron chi connectivity index (χ0n) is 13.2. The number of rotatable bonds is 6. The molecule has 0 radical (unpaired) electrons. The molecule has 1 N–H and O–H groups in total. The van der Waals surface area contributed by atoms with E-state index in [1.54, 1.807) is 0 Å². The highest BCUT2D eigenvalue weighted by Gasteiger charge is 2.30. The first-order chi connectivity index (χ1) is 10.1. The first-order valence-corrected chi connectivity index (χ1v) is 8.60. The van der Waals surface area contributed by atoms with Gasteiger partial charge in [-0.3, -0.25) is 0 Å². The van der Waals surface area contributed by atoms with E-state index in [1.807, 2.05) is 13.1 Å². The summed E-state index contributed by atoms with van der Waals surface area (Å²) in [5.74, 6) is 1.98. The Bertz CT molecular complexity index is 449. The maximum Gasteiger partial charge on any atom is 0.124 e. The Hall–Kier alpha value is -0.600. The van der Waals surface area contributed by atoms with E-state index in [0.29, 0.717) is 16.9 Å². The summed E-state index contributed by atoms with van der Waals surface area (Å²) in [5.41, 5.74) is 1.10. The van der Waals surface area contributed by atoms with E-state index in [4.69, 9.17) is 11.6 Å². The van der Waals surface area contributed by atoms with Crippen molar-refractivity contribution in [3.63, 3.8) is 0 Å². The molecule has 0 amide bonds. The van der Waals surface area contributed by atoms with Crippen molar-refractivity contribution in [3.8, 4) is 0 Å². The summed E-state index contributed by atoms with van der Waals surface area (Å²) in [6, 6.07) is 4.83. The number of hydrogen-bond acceptors (Lipinski definition) is 1. The lowest BCUT2D eigenvalue weighted by molar-refractivity contribution is 0.169. The molecule has 0 heterocycles. The molecule has 21 heavy (non-hydrogen) atoms. The fourth-order valence-corrected chi connectivity index (χ4v) is 4.09. The number of halogens is 2. The minimum Gasteiger partial charge on any atom is -0.319 e. The average Bonchev–Trinajstić information content (AvgIpc) is 2.45. The summed E-state index contributed by atoms with van der Waals surface area (Å²) in [7, 11) is 2.03. The molecule has 1 aliphatic carbocycles. The molecule has 0 spiro atoms. The third-order valence-electron chi connectivity index (χ3n) is 4.91. The Balaban J connectivity index is 2.07. The van der Waals surface area contributed by atoms with Crippen LogP contribution < -0.4 is 5.32 Å². The minimum absolute atomic E-state index is 0.247. The highest BCUT2D eigenvalue weighted by molar-refractivity contribution is 6.31. The maximum atomic E-state index is 13.2. The monoisotopic (exact) mass is 311 g/mol. The van der Waals surface area contributed by atoms with Crippen molar-refractivity contribution in [1.82, 2.24) is 5.32 Å². The molecule has 1 aromatic rings. The van der Waals surface area contributed by atoms with Crippen LogP contribution in [-0.2, 0) is 6.42 Å². The van der Waals surface area contributed by atoms with Crippen molar-refractivity contribution in [1.29, 1.82) is 0 Å². The topological polar surface area (TPSA) is 12.0 Å². The molecule has 0 aliphatic heterocycles. The largest absolute Gasteiger partial charge is 0.319 e. The Morgan fingerprint density at radius 1 is 1.29 bits per heavy atom. The fourth-order valence-electron chi connectivity index (χ4n) is 3.84. The summed E-state index contributed by atoms with van der Waals surface area (Å²) in [4.78, 5) is 0. The van der Waals surface area contributed by atoms with Gasteiger partial charge < -0.3 is 5.32 Å². The predicted octanol–water partition coefficient (Wildman–Crippen LogP) is 5.07. The standard InChI is InChI=1S/C18H27ClFN/c1-3-4-13-5-6-15(12-21-2)16(9-13)10-14-7-8-17(20)11-18(14)19/h7-8,11,13,15-16,21H,3-6,9-10,12H2,1-2H3. The van der Waals surface area contributed by atoms with Crippen LogP contribution in [0.3, 0.4) is 0 Å². The Morgan fingerprint density at radius 2 is 2.10 bits per heavy atom. The van der Waals surface area contributed by atoms with E-state index in [9.17, 15) is 4.39 Å². The van der Waals surface area contributed by atoms with Gasteiger partial charge in [-0.2, -0.15) is 0 Å². The SMILES string of the molecule is CCCC1CCC(CNC)C(Cc2ccc(F)cc2Cl)C1. The predicted molar refractivity (Wildman–Crippen MR) is 88.3 cm³/mol. The molecule has 3 heteroatoms. The van der Waals surface area contributed by atoms with Crippen molar-refractivity contribution in [3.05, 3.63) is 34.6 Å². The quantitative estimate of drug-likeness (QED) is 0.773. The molecule has 0 saturated heterocycles. The zero-order chi connectivity index (χ0) is 15.2. The van der Waals surface area contributed by atoms with Gasteiger partial charge in [-0.15, -0.1) is 0 Å². The van der Waals surface area contributed by atoms with Crippen molar-refractivity contribution >= 4 is 11.6 Å². The first-order valence-electron chi connectivity index (χ1n) is 8.22. The number of benzene rings is 1.